The monoisotopic (exact) mass is 295 g/mol. The Labute approximate surface area is 131 Å². The van der Waals surface area contributed by atoms with Crippen molar-refractivity contribution < 1.29 is 4.74 Å². The molecule has 1 fully saturated rings. The van der Waals surface area contributed by atoms with E-state index in [4.69, 9.17) is 4.74 Å². The van der Waals surface area contributed by atoms with Gasteiger partial charge >= 0.3 is 0 Å². The van der Waals surface area contributed by atoms with Gasteiger partial charge in [-0.05, 0) is 24.5 Å². The molecule has 22 heavy (non-hydrogen) atoms. The van der Waals surface area contributed by atoms with Crippen molar-refractivity contribution in [2.24, 2.45) is 7.05 Å². The molecule has 0 amide bonds. The number of nitrogens with zero attached hydrogens (tertiary/aromatic N) is 3. The van der Waals surface area contributed by atoms with Crippen LogP contribution in [0.4, 0.5) is 0 Å². The Kier molecular flexibility index (Phi) is 3.47. The van der Waals surface area contributed by atoms with Crippen molar-refractivity contribution in [3.63, 3.8) is 0 Å². The van der Waals surface area contributed by atoms with E-state index in [9.17, 15) is 0 Å². The van der Waals surface area contributed by atoms with Gasteiger partial charge in [0.25, 0.3) is 0 Å². The summed E-state index contributed by atoms with van der Waals surface area (Å²) in [7, 11) is 1.96. The van der Waals surface area contributed by atoms with Gasteiger partial charge in [0.05, 0.1) is 12.2 Å². The molecule has 0 spiro atoms. The summed E-state index contributed by atoms with van der Waals surface area (Å²) in [6.07, 6.45) is 10.5. The highest BCUT2D eigenvalue weighted by atomic mass is 16.5. The van der Waals surface area contributed by atoms with Gasteiger partial charge in [0.15, 0.2) is 0 Å². The zero-order valence-electron chi connectivity index (χ0n) is 12.9. The number of aryl methyl sites for hydroxylation is 1. The molecule has 1 aliphatic carbocycles. The highest BCUT2D eigenvalue weighted by Gasteiger charge is 2.34. The van der Waals surface area contributed by atoms with Crippen molar-refractivity contribution in [2.75, 3.05) is 13.2 Å². The molecule has 1 saturated heterocycles. The standard InChI is InChI=1S/C18H21N3O/c1-20-10-14(9-19-20)11-21-12-16(21)13-22-18-8-4-6-15-5-2-3-7-17(15)18/h2-4,6,8-10,16H,5,7,11-13H2,1H3. The molecular formula is C18H21N3O. The second-order valence-corrected chi connectivity index (χ2v) is 6.19. The summed E-state index contributed by atoms with van der Waals surface area (Å²) in [6, 6.07) is 6.95. The maximum absolute atomic E-state index is 6.11. The Bertz CT molecular complexity index is 704. The zero-order chi connectivity index (χ0) is 14.9. The SMILES string of the molecule is Cn1cc(CN2CC2COc2cccc3c2CC=CC3)cn1. The summed E-state index contributed by atoms with van der Waals surface area (Å²) < 4.78 is 7.96. The number of hydrogen-bond donors (Lipinski definition) is 0. The van der Waals surface area contributed by atoms with Gasteiger partial charge in [0, 0.05) is 37.5 Å². The molecular weight excluding hydrogens is 274 g/mol. The number of aromatic nitrogens is 2. The fourth-order valence-electron chi connectivity index (χ4n) is 3.13. The molecule has 1 aromatic carbocycles. The van der Waals surface area contributed by atoms with Crippen LogP contribution < -0.4 is 4.74 Å². The van der Waals surface area contributed by atoms with Gasteiger partial charge in [-0.1, -0.05) is 24.3 Å². The molecule has 0 bridgehead atoms. The summed E-state index contributed by atoms with van der Waals surface area (Å²) in [5.74, 6) is 1.06. The highest BCUT2D eigenvalue weighted by molar-refractivity contribution is 5.44. The molecule has 4 rings (SSSR count). The lowest BCUT2D eigenvalue weighted by Gasteiger charge is -2.16. The normalized spacial score (nSPS) is 22.4. The van der Waals surface area contributed by atoms with Gasteiger partial charge in [0.2, 0.25) is 0 Å². The number of allylic oxidation sites excluding steroid dienone is 2. The molecule has 2 unspecified atom stereocenters. The number of fused-ring (bicyclic) bond motifs is 1. The van der Waals surface area contributed by atoms with Crippen molar-refractivity contribution >= 4 is 0 Å². The molecule has 4 nitrogen and oxygen atoms in total. The average Bonchev–Trinajstić information content (AvgIpc) is 3.15. The molecule has 114 valence electrons. The topological polar surface area (TPSA) is 30.1 Å². The molecule has 4 heteroatoms. The third-order valence-electron chi connectivity index (χ3n) is 4.46. The first-order valence-corrected chi connectivity index (χ1v) is 7.90. The van der Waals surface area contributed by atoms with Crippen LogP contribution in [0.3, 0.4) is 0 Å². The predicted octanol–water partition coefficient (Wildman–Crippen LogP) is 2.34. The van der Waals surface area contributed by atoms with Crippen molar-refractivity contribution in [1.82, 2.24) is 14.7 Å². The van der Waals surface area contributed by atoms with Crippen LogP contribution in [0.2, 0.25) is 0 Å². The Morgan fingerprint density at radius 3 is 3.05 bits per heavy atom. The second-order valence-electron chi connectivity index (χ2n) is 6.19. The molecule has 0 radical (unpaired) electrons. The van der Waals surface area contributed by atoms with Gasteiger partial charge in [-0.3, -0.25) is 9.58 Å². The van der Waals surface area contributed by atoms with E-state index in [0.717, 1.165) is 38.3 Å². The number of ether oxygens (including phenoxy) is 1. The van der Waals surface area contributed by atoms with Crippen molar-refractivity contribution in [3.8, 4) is 5.75 Å². The molecule has 2 aliphatic rings. The van der Waals surface area contributed by atoms with E-state index in [1.165, 1.54) is 16.7 Å². The van der Waals surface area contributed by atoms with E-state index in [1.54, 1.807) is 0 Å². The molecule has 2 aromatic rings. The number of benzene rings is 1. The molecule has 1 aromatic heterocycles. The van der Waals surface area contributed by atoms with E-state index in [1.807, 2.05) is 17.9 Å². The molecule has 1 aliphatic heterocycles. The van der Waals surface area contributed by atoms with Crippen molar-refractivity contribution in [3.05, 3.63) is 59.4 Å². The molecule has 2 atom stereocenters. The summed E-state index contributed by atoms with van der Waals surface area (Å²) in [5.41, 5.74) is 4.04. The lowest BCUT2D eigenvalue weighted by atomic mass is 9.96. The van der Waals surface area contributed by atoms with Crippen molar-refractivity contribution in [1.29, 1.82) is 0 Å². The third-order valence-corrected chi connectivity index (χ3v) is 4.46. The van der Waals surface area contributed by atoms with Gasteiger partial charge in [-0.25, -0.2) is 0 Å². The first kappa shape index (κ1) is 13.6. The summed E-state index contributed by atoms with van der Waals surface area (Å²) in [4.78, 5) is 2.42. The van der Waals surface area contributed by atoms with Crippen LogP contribution in [0.5, 0.6) is 5.75 Å². The Morgan fingerprint density at radius 2 is 2.18 bits per heavy atom. The van der Waals surface area contributed by atoms with Gasteiger partial charge in [-0.15, -0.1) is 0 Å². The minimum absolute atomic E-state index is 0.537. The average molecular weight is 295 g/mol. The maximum atomic E-state index is 6.11. The predicted molar refractivity (Wildman–Crippen MR) is 85.9 cm³/mol. The Balaban J connectivity index is 1.33. The first-order valence-electron chi connectivity index (χ1n) is 7.90. The van der Waals surface area contributed by atoms with Gasteiger partial charge in [-0.2, -0.15) is 5.10 Å². The maximum Gasteiger partial charge on any atom is 0.123 e. The van der Waals surface area contributed by atoms with E-state index in [2.05, 4.69) is 46.5 Å². The quantitative estimate of drug-likeness (QED) is 0.626. The first-order chi connectivity index (χ1) is 10.8. The largest absolute Gasteiger partial charge is 0.492 e. The summed E-state index contributed by atoms with van der Waals surface area (Å²) in [5, 5.41) is 4.22. The van der Waals surface area contributed by atoms with Gasteiger partial charge in [0.1, 0.15) is 12.4 Å². The van der Waals surface area contributed by atoms with Crippen molar-refractivity contribution in [2.45, 2.75) is 25.4 Å². The molecule has 0 N–H and O–H groups in total. The lowest BCUT2D eigenvalue weighted by Crippen LogP contribution is -2.12. The highest BCUT2D eigenvalue weighted by Crippen LogP contribution is 2.28. The fourth-order valence-corrected chi connectivity index (χ4v) is 3.13. The Hall–Kier alpha value is -2.07. The summed E-state index contributed by atoms with van der Waals surface area (Å²) >= 11 is 0. The van der Waals surface area contributed by atoms with Crippen LogP contribution in [0.15, 0.2) is 42.7 Å². The second kappa shape index (κ2) is 5.61. The van der Waals surface area contributed by atoms with Crippen LogP contribution in [0.25, 0.3) is 0 Å². The fraction of sp³-hybridized carbons (Fsp3) is 0.389. The van der Waals surface area contributed by atoms with E-state index in [-0.39, 0.29) is 0 Å². The zero-order valence-corrected chi connectivity index (χ0v) is 12.9. The smallest absolute Gasteiger partial charge is 0.123 e. The van der Waals surface area contributed by atoms with Gasteiger partial charge < -0.3 is 4.74 Å². The third kappa shape index (κ3) is 2.79. The van der Waals surface area contributed by atoms with Crippen LogP contribution in [-0.2, 0) is 26.4 Å². The Morgan fingerprint density at radius 1 is 1.27 bits per heavy atom. The number of hydrogen-bond acceptors (Lipinski definition) is 3. The minimum Gasteiger partial charge on any atom is -0.492 e. The molecule has 0 saturated carbocycles. The van der Waals surface area contributed by atoms with Crippen LogP contribution >= 0.6 is 0 Å². The molecule has 2 heterocycles. The summed E-state index contributed by atoms with van der Waals surface area (Å²) in [6.45, 7) is 2.86. The van der Waals surface area contributed by atoms with Crippen LogP contribution in [-0.4, -0.2) is 33.9 Å². The van der Waals surface area contributed by atoms with Crippen LogP contribution in [0.1, 0.15) is 16.7 Å². The van der Waals surface area contributed by atoms with E-state index >= 15 is 0 Å². The van der Waals surface area contributed by atoms with E-state index in [0.29, 0.717) is 6.04 Å². The number of rotatable bonds is 5. The van der Waals surface area contributed by atoms with Crippen LogP contribution in [0, 0.1) is 0 Å². The lowest BCUT2D eigenvalue weighted by molar-refractivity contribution is 0.290. The van der Waals surface area contributed by atoms with E-state index < -0.39 is 0 Å². The minimum atomic E-state index is 0.537.